The molecule has 0 atom stereocenters. The number of para-hydroxylation sites is 5. The van der Waals surface area contributed by atoms with Crippen molar-refractivity contribution >= 4 is 61.1 Å². The molecular weight excluding hydrogens is 530 g/mol. The molecule has 202 valence electrons. The second kappa shape index (κ2) is 8.78. The quantitative estimate of drug-likeness (QED) is 0.206. The van der Waals surface area contributed by atoms with Gasteiger partial charge in [-0.3, -0.25) is 9.59 Å². The Kier molecular flexibility index (Phi) is 4.85. The summed E-state index contributed by atoms with van der Waals surface area (Å²) in [4.78, 5) is 29.1. The van der Waals surface area contributed by atoms with Gasteiger partial charge in [-0.1, -0.05) is 91.0 Å². The van der Waals surface area contributed by atoms with Crippen molar-refractivity contribution in [2.45, 2.75) is 0 Å². The standard InChI is InChI=1S/C38H23N3O2/c42-37-29-18-11-22-33(35(29)38(43)39(37)24-12-2-1-3-13-24)41-32-21-9-6-16-27(32)28-17-10-23-34(36(28)41)40-30-19-7-4-14-25(30)26-15-5-8-20-31(26)40/h1-23H. The number of amides is 2. The third kappa shape index (κ3) is 3.16. The summed E-state index contributed by atoms with van der Waals surface area (Å²) in [5.74, 6) is -0.626. The summed E-state index contributed by atoms with van der Waals surface area (Å²) in [6.07, 6.45) is 0. The van der Waals surface area contributed by atoms with Gasteiger partial charge < -0.3 is 9.13 Å². The highest BCUT2D eigenvalue weighted by molar-refractivity contribution is 6.35. The Labute approximate surface area is 246 Å². The lowest BCUT2D eigenvalue weighted by Crippen LogP contribution is -2.29. The lowest BCUT2D eigenvalue weighted by molar-refractivity contribution is 0.0926. The van der Waals surface area contributed by atoms with Crippen LogP contribution in [0.3, 0.4) is 0 Å². The van der Waals surface area contributed by atoms with Gasteiger partial charge in [-0.15, -0.1) is 0 Å². The molecule has 5 heteroatoms. The van der Waals surface area contributed by atoms with Gasteiger partial charge in [0.05, 0.1) is 50.3 Å². The third-order valence-corrected chi connectivity index (χ3v) is 8.64. The van der Waals surface area contributed by atoms with E-state index in [2.05, 4.69) is 88.0 Å². The molecular formula is C38H23N3O2. The van der Waals surface area contributed by atoms with Crippen LogP contribution in [0.4, 0.5) is 5.69 Å². The van der Waals surface area contributed by atoms with Crippen molar-refractivity contribution in [2.24, 2.45) is 0 Å². The second-order valence-electron chi connectivity index (χ2n) is 10.9. The molecule has 0 unspecified atom stereocenters. The van der Waals surface area contributed by atoms with Crippen LogP contribution in [0.2, 0.25) is 0 Å². The summed E-state index contributed by atoms with van der Waals surface area (Å²) in [6.45, 7) is 0. The van der Waals surface area contributed by atoms with Gasteiger partial charge in [-0.2, -0.15) is 0 Å². The summed E-state index contributed by atoms with van der Waals surface area (Å²) < 4.78 is 4.48. The van der Waals surface area contributed by atoms with Crippen LogP contribution in [0.15, 0.2) is 140 Å². The first-order valence-electron chi connectivity index (χ1n) is 14.3. The van der Waals surface area contributed by atoms with Gasteiger partial charge in [0.1, 0.15) is 0 Å². The van der Waals surface area contributed by atoms with E-state index in [-0.39, 0.29) is 11.8 Å². The number of benzene rings is 6. The molecule has 0 saturated heterocycles. The van der Waals surface area contributed by atoms with Gasteiger partial charge in [0.2, 0.25) is 0 Å². The maximum Gasteiger partial charge on any atom is 0.268 e. The van der Waals surface area contributed by atoms with Gasteiger partial charge in [-0.25, -0.2) is 4.90 Å². The number of nitrogens with zero attached hydrogens (tertiary/aromatic N) is 3. The maximum atomic E-state index is 14.1. The van der Waals surface area contributed by atoms with Crippen molar-refractivity contribution in [3.05, 3.63) is 151 Å². The molecule has 0 bridgehead atoms. The highest BCUT2D eigenvalue weighted by Crippen LogP contribution is 2.41. The molecule has 5 nitrogen and oxygen atoms in total. The van der Waals surface area contributed by atoms with E-state index in [4.69, 9.17) is 0 Å². The molecule has 9 rings (SSSR count). The molecule has 3 heterocycles. The summed E-state index contributed by atoms with van der Waals surface area (Å²) in [7, 11) is 0. The Morgan fingerprint density at radius 2 is 0.907 bits per heavy atom. The van der Waals surface area contributed by atoms with Crippen LogP contribution in [0.25, 0.3) is 55.0 Å². The van der Waals surface area contributed by atoms with Crippen molar-refractivity contribution in [3.63, 3.8) is 0 Å². The molecule has 0 N–H and O–H groups in total. The number of carbonyl (C=O) groups is 2. The zero-order valence-corrected chi connectivity index (χ0v) is 22.9. The highest BCUT2D eigenvalue weighted by Gasteiger charge is 2.39. The largest absolute Gasteiger partial charge is 0.307 e. The number of fused-ring (bicyclic) bond motifs is 7. The molecule has 0 radical (unpaired) electrons. The van der Waals surface area contributed by atoms with Crippen LogP contribution < -0.4 is 4.90 Å². The van der Waals surface area contributed by atoms with E-state index in [1.807, 2.05) is 42.5 Å². The van der Waals surface area contributed by atoms with Gasteiger partial charge >= 0.3 is 0 Å². The highest BCUT2D eigenvalue weighted by atomic mass is 16.2. The van der Waals surface area contributed by atoms with Crippen molar-refractivity contribution in [1.82, 2.24) is 9.13 Å². The molecule has 2 amide bonds. The number of anilines is 1. The molecule has 43 heavy (non-hydrogen) atoms. The van der Waals surface area contributed by atoms with E-state index in [0.717, 1.165) is 38.5 Å². The predicted octanol–water partition coefficient (Wildman–Crippen LogP) is 8.68. The number of imide groups is 1. The molecule has 0 spiro atoms. The fraction of sp³-hybridized carbons (Fsp3) is 0. The minimum atomic E-state index is -0.318. The third-order valence-electron chi connectivity index (χ3n) is 8.64. The van der Waals surface area contributed by atoms with Crippen LogP contribution >= 0.6 is 0 Å². The van der Waals surface area contributed by atoms with Crippen LogP contribution in [0.1, 0.15) is 20.7 Å². The second-order valence-corrected chi connectivity index (χ2v) is 10.9. The van der Waals surface area contributed by atoms with Crippen LogP contribution in [-0.4, -0.2) is 20.9 Å². The smallest absolute Gasteiger partial charge is 0.268 e. The van der Waals surface area contributed by atoms with Gasteiger partial charge in [0.25, 0.3) is 11.8 Å². The van der Waals surface area contributed by atoms with Crippen molar-refractivity contribution < 1.29 is 9.59 Å². The van der Waals surface area contributed by atoms with Gasteiger partial charge in [0, 0.05) is 21.5 Å². The summed E-state index contributed by atoms with van der Waals surface area (Å²) in [5, 5.41) is 4.51. The molecule has 1 aliphatic heterocycles. The minimum absolute atomic E-state index is 0.309. The van der Waals surface area contributed by atoms with Crippen molar-refractivity contribution in [2.75, 3.05) is 4.90 Å². The number of carbonyl (C=O) groups excluding carboxylic acids is 2. The Hall–Kier alpha value is -5.94. The zero-order valence-electron chi connectivity index (χ0n) is 22.9. The summed E-state index contributed by atoms with van der Waals surface area (Å²) in [6, 6.07) is 46.3. The van der Waals surface area contributed by atoms with E-state index in [0.29, 0.717) is 22.5 Å². The first-order valence-corrected chi connectivity index (χ1v) is 14.3. The number of aromatic nitrogens is 2. The average molecular weight is 554 g/mol. The fourth-order valence-corrected chi connectivity index (χ4v) is 6.88. The van der Waals surface area contributed by atoms with Crippen molar-refractivity contribution in [1.29, 1.82) is 0 Å². The Balaban J connectivity index is 1.41. The number of hydrogen-bond donors (Lipinski definition) is 0. The first kappa shape index (κ1) is 23.7. The molecule has 6 aromatic carbocycles. The SMILES string of the molecule is O=C1c2cccc(-n3c4ccccc4c4cccc(-n5c6ccccc6c6ccccc65)c43)c2C(=O)N1c1ccccc1. The van der Waals surface area contributed by atoms with Gasteiger partial charge in [0.15, 0.2) is 0 Å². The van der Waals surface area contributed by atoms with E-state index in [1.54, 1.807) is 18.2 Å². The van der Waals surface area contributed by atoms with Crippen LogP contribution in [0.5, 0.6) is 0 Å². The van der Waals surface area contributed by atoms with Crippen molar-refractivity contribution in [3.8, 4) is 11.4 Å². The maximum absolute atomic E-state index is 14.1. The molecule has 2 aromatic heterocycles. The van der Waals surface area contributed by atoms with E-state index in [1.165, 1.54) is 15.7 Å². The normalized spacial score (nSPS) is 13.2. The van der Waals surface area contributed by atoms with E-state index < -0.39 is 0 Å². The minimum Gasteiger partial charge on any atom is -0.307 e. The van der Waals surface area contributed by atoms with Crippen LogP contribution in [0, 0.1) is 0 Å². The number of rotatable bonds is 3. The monoisotopic (exact) mass is 553 g/mol. The Bertz CT molecular complexity index is 2400. The van der Waals surface area contributed by atoms with Crippen LogP contribution in [-0.2, 0) is 0 Å². The zero-order chi connectivity index (χ0) is 28.7. The molecule has 0 saturated carbocycles. The summed E-state index contributed by atoms with van der Waals surface area (Å²) in [5.41, 5.74) is 7.23. The molecule has 8 aromatic rings. The van der Waals surface area contributed by atoms with E-state index in [9.17, 15) is 9.59 Å². The summed E-state index contributed by atoms with van der Waals surface area (Å²) >= 11 is 0. The lowest BCUT2D eigenvalue weighted by atomic mass is 10.1. The predicted molar refractivity (Wildman–Crippen MR) is 173 cm³/mol. The van der Waals surface area contributed by atoms with E-state index >= 15 is 0 Å². The fourth-order valence-electron chi connectivity index (χ4n) is 6.88. The number of hydrogen-bond acceptors (Lipinski definition) is 2. The first-order chi connectivity index (χ1) is 21.2. The van der Waals surface area contributed by atoms with Gasteiger partial charge in [-0.05, 0) is 48.5 Å². The molecule has 1 aliphatic rings. The average Bonchev–Trinajstić information content (AvgIpc) is 3.67. The lowest BCUT2D eigenvalue weighted by Gasteiger charge is -2.16. The Morgan fingerprint density at radius 1 is 0.395 bits per heavy atom. The molecule has 0 aliphatic carbocycles. The molecule has 0 fully saturated rings. The Morgan fingerprint density at radius 3 is 1.58 bits per heavy atom. The topological polar surface area (TPSA) is 47.2 Å².